The van der Waals surface area contributed by atoms with Crippen LogP contribution in [0, 0.1) is 0 Å². The Balaban J connectivity index is 2.36. The van der Waals surface area contributed by atoms with Gasteiger partial charge < -0.3 is 0 Å². The first-order valence-electron chi connectivity index (χ1n) is 6.63. The molecule has 0 amide bonds. The van der Waals surface area contributed by atoms with Crippen LogP contribution in [0.25, 0.3) is 10.8 Å². The van der Waals surface area contributed by atoms with Crippen LogP contribution in [0.3, 0.4) is 0 Å². The molecule has 0 atom stereocenters. The molecule has 0 aliphatic carbocycles. The summed E-state index contributed by atoms with van der Waals surface area (Å²) in [4.78, 5) is -0.668. The van der Waals surface area contributed by atoms with E-state index in [4.69, 9.17) is 46.4 Å². The largest absolute Gasteiger partial charge is 0.108 e. The third kappa shape index (κ3) is 4.43. The molecule has 0 radical (unpaired) electrons. The zero-order chi connectivity index (χ0) is 14.5. The Labute approximate surface area is 140 Å². The fraction of sp³-hybridized carbons (Fsp3) is 0.375. The number of benzene rings is 2. The highest BCUT2D eigenvalue weighted by Crippen LogP contribution is 2.27. The lowest BCUT2D eigenvalue weighted by Crippen LogP contribution is -2.01. The van der Waals surface area contributed by atoms with E-state index >= 15 is 0 Å². The minimum absolute atomic E-state index is 0.330. The summed E-state index contributed by atoms with van der Waals surface area (Å²) < 4.78 is 0. The monoisotopic (exact) mass is 348 g/mol. The fourth-order valence-corrected chi connectivity index (χ4v) is 2.87. The molecule has 0 saturated heterocycles. The van der Waals surface area contributed by atoms with Crippen LogP contribution in [-0.4, -0.2) is 9.67 Å². The van der Waals surface area contributed by atoms with Gasteiger partial charge in [-0.1, -0.05) is 36.4 Å². The Hall–Kier alpha value is -0.140. The first kappa shape index (κ1) is 16.2. The zero-order valence-electron chi connectivity index (χ0n) is 11.0. The van der Waals surface area contributed by atoms with E-state index in [-0.39, 0.29) is 9.67 Å². The smallest absolute Gasteiger partial charge is 0.105 e. The van der Waals surface area contributed by atoms with Crippen molar-refractivity contribution in [1.29, 1.82) is 0 Å². The maximum Gasteiger partial charge on any atom is 0.108 e. The second kappa shape index (κ2) is 7.75. The third-order valence-electron chi connectivity index (χ3n) is 3.38. The van der Waals surface area contributed by atoms with E-state index in [1.165, 1.54) is 21.9 Å². The number of halogens is 4. The Kier molecular flexibility index (Phi) is 6.29. The van der Waals surface area contributed by atoms with Gasteiger partial charge in [-0.15, -0.1) is 46.4 Å². The summed E-state index contributed by atoms with van der Waals surface area (Å²) in [6.45, 7) is 0. The van der Waals surface area contributed by atoms with Gasteiger partial charge in [0.05, 0.1) is 0 Å². The van der Waals surface area contributed by atoms with E-state index in [1.54, 1.807) is 0 Å². The maximum absolute atomic E-state index is 5.88. The Morgan fingerprint density at radius 3 is 2.10 bits per heavy atom. The predicted molar refractivity (Wildman–Crippen MR) is 91.6 cm³/mol. The summed E-state index contributed by atoms with van der Waals surface area (Å²) in [6, 6.07) is 12.7. The molecule has 0 aromatic heterocycles. The Morgan fingerprint density at radius 2 is 1.40 bits per heavy atom. The molecule has 2 rings (SSSR count). The van der Waals surface area contributed by atoms with Gasteiger partial charge in [-0.3, -0.25) is 0 Å². The molecule has 0 unspecified atom stereocenters. The molecule has 4 heteroatoms. The molecule has 0 N–H and O–H groups in total. The summed E-state index contributed by atoms with van der Waals surface area (Å²) in [6.07, 6.45) is 3.23. The van der Waals surface area contributed by atoms with Crippen LogP contribution in [0.4, 0.5) is 0 Å². The van der Waals surface area contributed by atoms with Gasteiger partial charge in [-0.2, -0.15) is 0 Å². The van der Waals surface area contributed by atoms with Crippen molar-refractivity contribution in [3.05, 3.63) is 47.5 Å². The number of alkyl halides is 4. The van der Waals surface area contributed by atoms with Crippen molar-refractivity contribution in [3.8, 4) is 0 Å². The first-order valence-corrected chi connectivity index (χ1v) is 8.38. The third-order valence-corrected chi connectivity index (χ3v) is 4.25. The summed E-state index contributed by atoms with van der Waals surface area (Å²) in [5, 5.41) is 2.50. The maximum atomic E-state index is 5.88. The highest BCUT2D eigenvalue weighted by Gasteiger charge is 2.11. The van der Waals surface area contributed by atoms with E-state index in [9.17, 15) is 0 Å². The van der Waals surface area contributed by atoms with Gasteiger partial charge in [0.25, 0.3) is 0 Å². The van der Waals surface area contributed by atoms with Gasteiger partial charge in [-0.25, -0.2) is 0 Å². The van der Waals surface area contributed by atoms with E-state index < -0.39 is 0 Å². The number of hydrogen-bond donors (Lipinski definition) is 0. The number of aryl methyl sites for hydroxylation is 2. The number of rotatable bonds is 6. The van der Waals surface area contributed by atoms with Crippen molar-refractivity contribution >= 4 is 57.2 Å². The van der Waals surface area contributed by atoms with Crippen molar-refractivity contribution in [2.45, 2.75) is 35.4 Å². The van der Waals surface area contributed by atoms with Crippen LogP contribution >= 0.6 is 46.4 Å². The fourth-order valence-electron chi connectivity index (χ4n) is 2.43. The van der Waals surface area contributed by atoms with Crippen molar-refractivity contribution in [2.24, 2.45) is 0 Å². The number of hydrogen-bond acceptors (Lipinski definition) is 0. The summed E-state index contributed by atoms with van der Waals surface area (Å²) in [5.74, 6) is 0. The standard InChI is InChI=1S/C16H16Cl4/c17-15(18)9-7-12-6-5-11-3-1-2-4-13(11)14(12)8-10-16(19)20/h1-6,15-16H,7-10H2. The van der Waals surface area contributed by atoms with Crippen LogP contribution in [0.15, 0.2) is 36.4 Å². The topological polar surface area (TPSA) is 0 Å². The molecule has 0 aliphatic heterocycles. The van der Waals surface area contributed by atoms with E-state index in [1.807, 2.05) is 6.07 Å². The minimum Gasteiger partial charge on any atom is -0.105 e. The quantitative estimate of drug-likeness (QED) is 0.536. The first-order chi connectivity index (χ1) is 9.58. The van der Waals surface area contributed by atoms with Crippen LogP contribution in [0.2, 0.25) is 0 Å². The normalized spacial score (nSPS) is 11.7. The molecule has 0 aliphatic rings. The van der Waals surface area contributed by atoms with Crippen LogP contribution in [-0.2, 0) is 12.8 Å². The second-order valence-electron chi connectivity index (χ2n) is 4.78. The van der Waals surface area contributed by atoms with E-state index in [2.05, 4.69) is 30.3 Å². The molecule has 20 heavy (non-hydrogen) atoms. The van der Waals surface area contributed by atoms with E-state index in [0.717, 1.165) is 25.7 Å². The average molecular weight is 350 g/mol. The average Bonchev–Trinajstić information content (AvgIpc) is 2.42. The lowest BCUT2D eigenvalue weighted by Gasteiger charge is -2.14. The molecule has 108 valence electrons. The lowest BCUT2D eigenvalue weighted by atomic mass is 9.93. The molecular weight excluding hydrogens is 334 g/mol. The van der Waals surface area contributed by atoms with Crippen molar-refractivity contribution < 1.29 is 0 Å². The van der Waals surface area contributed by atoms with Gasteiger partial charge in [-0.05, 0) is 47.6 Å². The SMILES string of the molecule is ClC(Cl)CCc1ccc2ccccc2c1CCC(Cl)Cl. The molecule has 2 aromatic rings. The lowest BCUT2D eigenvalue weighted by molar-refractivity contribution is 0.844. The number of fused-ring (bicyclic) bond motifs is 1. The minimum atomic E-state index is -0.337. The van der Waals surface area contributed by atoms with Gasteiger partial charge in [0, 0.05) is 0 Å². The summed E-state index contributed by atoms with van der Waals surface area (Å²) in [5.41, 5.74) is 2.59. The highest BCUT2D eigenvalue weighted by molar-refractivity contribution is 6.44. The van der Waals surface area contributed by atoms with Gasteiger partial charge >= 0.3 is 0 Å². The second-order valence-corrected chi connectivity index (χ2v) is 7.34. The highest BCUT2D eigenvalue weighted by atomic mass is 35.5. The van der Waals surface area contributed by atoms with Crippen LogP contribution in [0.1, 0.15) is 24.0 Å². The molecule has 2 aromatic carbocycles. The molecule has 0 heterocycles. The Morgan fingerprint density at radius 1 is 0.750 bits per heavy atom. The van der Waals surface area contributed by atoms with Gasteiger partial charge in [0.1, 0.15) is 9.67 Å². The molecular formula is C16H16Cl4. The van der Waals surface area contributed by atoms with Crippen molar-refractivity contribution in [1.82, 2.24) is 0 Å². The molecule has 0 spiro atoms. The van der Waals surface area contributed by atoms with Crippen LogP contribution < -0.4 is 0 Å². The van der Waals surface area contributed by atoms with Crippen molar-refractivity contribution in [3.63, 3.8) is 0 Å². The summed E-state index contributed by atoms with van der Waals surface area (Å²) in [7, 11) is 0. The Bertz CT molecular complexity index is 563. The molecule has 0 bridgehead atoms. The predicted octanol–water partition coefficient (Wildman–Crippen LogP) is 6.31. The summed E-state index contributed by atoms with van der Waals surface area (Å²) >= 11 is 23.5. The van der Waals surface area contributed by atoms with Crippen LogP contribution in [0.5, 0.6) is 0 Å². The molecule has 0 saturated carbocycles. The molecule has 0 fully saturated rings. The van der Waals surface area contributed by atoms with Crippen molar-refractivity contribution in [2.75, 3.05) is 0 Å². The van der Waals surface area contributed by atoms with Gasteiger partial charge in [0.15, 0.2) is 0 Å². The van der Waals surface area contributed by atoms with Gasteiger partial charge in [0.2, 0.25) is 0 Å². The molecule has 0 nitrogen and oxygen atoms in total. The zero-order valence-corrected chi connectivity index (χ0v) is 14.0. The van der Waals surface area contributed by atoms with E-state index in [0.29, 0.717) is 0 Å².